The lowest BCUT2D eigenvalue weighted by Crippen LogP contribution is -2.48. The highest BCUT2D eigenvalue weighted by Gasteiger charge is 2.46. The summed E-state index contributed by atoms with van der Waals surface area (Å²) in [6, 6.07) is 23.4. The molecule has 7 rings (SSSR count). The second-order valence-electron chi connectivity index (χ2n) is 11.3. The largest absolute Gasteiger partial charge is 0.493 e. The average molecular weight is 508 g/mol. The number of Topliss-reactive ketones (excluding diaryl/α,β-unsaturated/α-hetero) is 1. The molecule has 4 aliphatic rings. The monoisotopic (exact) mass is 507 g/mol. The standard InChI is InChI=1S/C33H33NO4/c35-31(13-9-21-10-14-32-22(17-21)15-16-37-32)23-18-24-11-12-25(19-23)34(24)33(36)38-20-30-28-7-3-1-5-26(28)27-6-2-4-8-29(27)30/h1-8,10,14,17,23-25,30H,9,11-13,15-16,18-20H2. The molecule has 0 N–H and O–H groups in total. The van der Waals surface area contributed by atoms with Crippen LogP contribution < -0.4 is 4.74 Å². The molecule has 3 aromatic rings. The van der Waals surface area contributed by atoms with E-state index in [9.17, 15) is 9.59 Å². The molecular weight excluding hydrogens is 474 g/mol. The van der Waals surface area contributed by atoms with Crippen LogP contribution in [0.1, 0.15) is 60.3 Å². The van der Waals surface area contributed by atoms with Gasteiger partial charge in [-0.15, -0.1) is 0 Å². The van der Waals surface area contributed by atoms with E-state index in [1.165, 1.54) is 33.4 Å². The normalized spacial score (nSPS) is 22.9. The third kappa shape index (κ3) is 4.09. The van der Waals surface area contributed by atoms with Crippen molar-refractivity contribution in [3.05, 3.63) is 89.0 Å². The Labute approximate surface area is 223 Å². The molecule has 2 saturated heterocycles. The number of carbonyl (C=O) groups excluding carboxylic acids is 2. The average Bonchev–Trinajstić information content (AvgIpc) is 3.62. The Bertz CT molecular complexity index is 1340. The van der Waals surface area contributed by atoms with Gasteiger partial charge in [0.1, 0.15) is 18.1 Å². The van der Waals surface area contributed by atoms with Crippen LogP contribution in [-0.4, -0.2) is 42.1 Å². The molecule has 1 aliphatic carbocycles. The van der Waals surface area contributed by atoms with E-state index >= 15 is 0 Å². The second-order valence-corrected chi connectivity index (χ2v) is 11.3. The minimum absolute atomic E-state index is 0.0443. The molecule has 5 nitrogen and oxygen atoms in total. The highest BCUT2D eigenvalue weighted by Crippen LogP contribution is 2.45. The van der Waals surface area contributed by atoms with Crippen molar-refractivity contribution in [1.29, 1.82) is 0 Å². The van der Waals surface area contributed by atoms with E-state index in [1.807, 2.05) is 11.0 Å². The van der Waals surface area contributed by atoms with Gasteiger partial charge in [-0.05, 0) is 71.6 Å². The Kier molecular flexibility index (Phi) is 5.95. The number of rotatable bonds is 6. The first kappa shape index (κ1) is 23.5. The van der Waals surface area contributed by atoms with E-state index in [1.54, 1.807) is 0 Å². The fourth-order valence-electron chi connectivity index (χ4n) is 7.27. The molecule has 194 valence electrons. The van der Waals surface area contributed by atoms with Crippen LogP contribution in [0.2, 0.25) is 0 Å². The molecule has 2 fully saturated rings. The minimum Gasteiger partial charge on any atom is -0.493 e. The van der Waals surface area contributed by atoms with E-state index in [4.69, 9.17) is 9.47 Å². The molecule has 2 unspecified atom stereocenters. The van der Waals surface area contributed by atoms with Crippen molar-refractivity contribution >= 4 is 11.9 Å². The smallest absolute Gasteiger partial charge is 0.410 e. The number of amides is 1. The fraction of sp³-hybridized carbons (Fsp3) is 0.394. The predicted molar refractivity (Wildman–Crippen MR) is 145 cm³/mol. The highest BCUT2D eigenvalue weighted by molar-refractivity contribution is 5.82. The van der Waals surface area contributed by atoms with Crippen LogP contribution in [0, 0.1) is 5.92 Å². The molecular formula is C33H33NO4. The molecule has 3 aliphatic heterocycles. The Balaban J connectivity index is 0.969. The molecule has 3 aromatic carbocycles. The summed E-state index contributed by atoms with van der Waals surface area (Å²) in [4.78, 5) is 28.5. The maximum atomic E-state index is 13.3. The zero-order valence-electron chi connectivity index (χ0n) is 21.6. The molecule has 0 aromatic heterocycles. The van der Waals surface area contributed by atoms with E-state index in [0.717, 1.165) is 50.9 Å². The van der Waals surface area contributed by atoms with Crippen LogP contribution in [0.4, 0.5) is 4.79 Å². The molecule has 0 saturated carbocycles. The number of hydrogen-bond donors (Lipinski definition) is 0. The summed E-state index contributed by atoms with van der Waals surface area (Å²) in [5.74, 6) is 1.43. The third-order valence-electron chi connectivity index (χ3n) is 9.15. The van der Waals surface area contributed by atoms with Gasteiger partial charge in [-0.2, -0.15) is 0 Å². The van der Waals surface area contributed by atoms with Gasteiger partial charge < -0.3 is 14.4 Å². The van der Waals surface area contributed by atoms with E-state index < -0.39 is 0 Å². The molecule has 0 spiro atoms. The zero-order chi connectivity index (χ0) is 25.6. The van der Waals surface area contributed by atoms with Crippen molar-refractivity contribution in [3.8, 4) is 16.9 Å². The summed E-state index contributed by atoms with van der Waals surface area (Å²) in [5, 5.41) is 0. The van der Waals surface area contributed by atoms with Gasteiger partial charge in [0.25, 0.3) is 0 Å². The van der Waals surface area contributed by atoms with E-state index in [2.05, 4.69) is 60.7 Å². The Morgan fingerprint density at radius 2 is 1.58 bits per heavy atom. The summed E-state index contributed by atoms with van der Waals surface area (Å²) < 4.78 is 11.6. The van der Waals surface area contributed by atoms with Crippen molar-refractivity contribution in [2.75, 3.05) is 13.2 Å². The number of carbonyl (C=O) groups is 2. The second kappa shape index (κ2) is 9.61. The lowest BCUT2D eigenvalue weighted by atomic mass is 9.85. The maximum Gasteiger partial charge on any atom is 0.410 e. The Morgan fingerprint density at radius 3 is 2.29 bits per heavy atom. The van der Waals surface area contributed by atoms with Crippen molar-refractivity contribution in [2.24, 2.45) is 5.92 Å². The third-order valence-corrected chi connectivity index (χ3v) is 9.15. The Hall–Kier alpha value is -3.60. The van der Waals surface area contributed by atoms with E-state index in [0.29, 0.717) is 18.8 Å². The van der Waals surface area contributed by atoms with Gasteiger partial charge in [-0.3, -0.25) is 4.79 Å². The number of fused-ring (bicyclic) bond motifs is 6. The minimum atomic E-state index is -0.217. The summed E-state index contributed by atoms with van der Waals surface area (Å²) in [7, 11) is 0. The first-order valence-corrected chi connectivity index (χ1v) is 14.1. The van der Waals surface area contributed by atoms with Crippen LogP contribution in [0.15, 0.2) is 66.7 Å². The lowest BCUT2D eigenvalue weighted by Gasteiger charge is -2.37. The molecule has 1 amide bonds. The van der Waals surface area contributed by atoms with Crippen LogP contribution in [0.5, 0.6) is 5.75 Å². The van der Waals surface area contributed by atoms with Crippen molar-refractivity contribution < 1.29 is 19.1 Å². The van der Waals surface area contributed by atoms with Gasteiger partial charge in [-0.25, -0.2) is 4.79 Å². The number of benzene rings is 3. The van der Waals surface area contributed by atoms with Crippen molar-refractivity contribution in [2.45, 2.75) is 62.9 Å². The Morgan fingerprint density at radius 1 is 0.895 bits per heavy atom. The zero-order valence-corrected chi connectivity index (χ0v) is 21.6. The molecule has 5 heteroatoms. The molecule has 0 radical (unpaired) electrons. The summed E-state index contributed by atoms with van der Waals surface area (Å²) in [6.45, 7) is 1.10. The first-order chi connectivity index (χ1) is 18.7. The number of nitrogens with zero attached hydrogens (tertiary/aromatic N) is 1. The van der Waals surface area contributed by atoms with Gasteiger partial charge in [0.15, 0.2) is 0 Å². The quantitative estimate of drug-likeness (QED) is 0.392. The molecule has 2 bridgehead atoms. The van der Waals surface area contributed by atoms with Gasteiger partial charge >= 0.3 is 6.09 Å². The van der Waals surface area contributed by atoms with Gasteiger partial charge in [0, 0.05) is 36.8 Å². The molecule has 2 atom stereocenters. The summed E-state index contributed by atoms with van der Waals surface area (Å²) in [5.41, 5.74) is 7.38. The van der Waals surface area contributed by atoms with Gasteiger partial charge in [-0.1, -0.05) is 60.7 Å². The van der Waals surface area contributed by atoms with Gasteiger partial charge in [0.05, 0.1) is 6.61 Å². The number of piperidine rings is 1. The highest BCUT2D eigenvalue weighted by atomic mass is 16.6. The number of aryl methyl sites for hydroxylation is 1. The topological polar surface area (TPSA) is 55.8 Å². The SMILES string of the molecule is O=C(CCc1ccc2c(c1)CCO2)C1CC2CCC(C1)N2C(=O)OCC1c2ccccc2-c2ccccc21. The maximum absolute atomic E-state index is 13.3. The van der Waals surface area contributed by atoms with Crippen LogP contribution >= 0.6 is 0 Å². The van der Waals surface area contributed by atoms with E-state index in [-0.39, 0.29) is 30.0 Å². The summed E-state index contributed by atoms with van der Waals surface area (Å²) >= 11 is 0. The van der Waals surface area contributed by atoms with Crippen LogP contribution in [-0.2, 0) is 22.4 Å². The van der Waals surface area contributed by atoms with Crippen LogP contribution in [0.25, 0.3) is 11.1 Å². The number of ether oxygens (including phenoxy) is 2. The van der Waals surface area contributed by atoms with Crippen LogP contribution in [0.3, 0.4) is 0 Å². The molecule has 3 heterocycles. The number of hydrogen-bond acceptors (Lipinski definition) is 4. The lowest BCUT2D eigenvalue weighted by molar-refractivity contribution is -0.125. The predicted octanol–water partition coefficient (Wildman–Crippen LogP) is 6.32. The fourth-order valence-corrected chi connectivity index (χ4v) is 7.27. The number of ketones is 1. The summed E-state index contributed by atoms with van der Waals surface area (Å²) in [6.07, 6.45) is 5.52. The van der Waals surface area contributed by atoms with Gasteiger partial charge in [0.2, 0.25) is 0 Å². The van der Waals surface area contributed by atoms with Crippen molar-refractivity contribution in [3.63, 3.8) is 0 Å². The molecule has 38 heavy (non-hydrogen) atoms. The van der Waals surface area contributed by atoms with Crippen molar-refractivity contribution in [1.82, 2.24) is 4.90 Å². The first-order valence-electron chi connectivity index (χ1n) is 14.1.